The lowest BCUT2D eigenvalue weighted by molar-refractivity contribution is -0.199. The second-order valence-electron chi connectivity index (χ2n) is 8.06. The highest BCUT2D eigenvalue weighted by Crippen LogP contribution is 2.16. The van der Waals surface area contributed by atoms with Crippen molar-refractivity contribution < 1.29 is 38.4 Å². The van der Waals surface area contributed by atoms with Crippen molar-refractivity contribution in [1.29, 1.82) is 0 Å². The zero-order chi connectivity index (χ0) is 24.5. The number of nitrogens with one attached hydrogen (secondary N) is 1. The van der Waals surface area contributed by atoms with Crippen molar-refractivity contribution in [2.75, 3.05) is 0 Å². The fraction of sp³-hybridized carbons (Fsp3) is 0.478. The third kappa shape index (κ3) is 6.95. The summed E-state index contributed by atoms with van der Waals surface area (Å²) in [6.07, 6.45) is 1.99. The van der Waals surface area contributed by atoms with Crippen molar-refractivity contribution in [1.82, 2.24) is 15.4 Å². The largest absolute Gasteiger partial charge is 0.349 e. The van der Waals surface area contributed by atoms with E-state index in [1.54, 1.807) is 0 Å². The normalized spacial score (nSPS) is 16.8. The second kappa shape index (κ2) is 12.0. The summed E-state index contributed by atoms with van der Waals surface area (Å²) in [5.74, 6) is -3.56. The molecule has 0 aromatic heterocycles. The van der Waals surface area contributed by atoms with Gasteiger partial charge in [0.2, 0.25) is 0 Å². The fourth-order valence-corrected chi connectivity index (χ4v) is 3.55. The van der Waals surface area contributed by atoms with E-state index >= 15 is 0 Å². The summed E-state index contributed by atoms with van der Waals surface area (Å²) in [5, 5.41) is 4.14. The van der Waals surface area contributed by atoms with Crippen LogP contribution in [0.1, 0.15) is 63.4 Å². The predicted molar refractivity (Wildman–Crippen MR) is 115 cm³/mol. The Balaban J connectivity index is 1.45. The summed E-state index contributed by atoms with van der Waals surface area (Å²) < 4.78 is 0. The molecule has 11 heteroatoms. The lowest BCUT2D eigenvalue weighted by Gasteiger charge is -2.20. The van der Waals surface area contributed by atoms with Gasteiger partial charge in [-0.1, -0.05) is 43.2 Å². The SMILES string of the molecule is O=C(CCCCCC(NCc1ccccc1)C(=O)ON1C(=O)CCC1=O)ON1C(=O)CCC1=O. The average molecular weight is 473 g/mol. The minimum Gasteiger partial charge on any atom is -0.330 e. The predicted octanol–water partition coefficient (Wildman–Crippen LogP) is 1.31. The topological polar surface area (TPSA) is 139 Å². The summed E-state index contributed by atoms with van der Waals surface area (Å²) in [5.41, 5.74) is 0.947. The number of carbonyl (C=O) groups excluding carboxylic acids is 6. The molecule has 1 aromatic carbocycles. The van der Waals surface area contributed by atoms with Gasteiger partial charge in [0.25, 0.3) is 23.6 Å². The molecule has 2 aliphatic rings. The van der Waals surface area contributed by atoms with Crippen LogP contribution in [0.15, 0.2) is 30.3 Å². The van der Waals surface area contributed by atoms with Crippen LogP contribution in [0.25, 0.3) is 0 Å². The number of unbranched alkanes of at least 4 members (excludes halogenated alkanes) is 2. The van der Waals surface area contributed by atoms with Crippen molar-refractivity contribution in [3.63, 3.8) is 0 Å². The van der Waals surface area contributed by atoms with Gasteiger partial charge in [0.15, 0.2) is 0 Å². The summed E-state index contributed by atoms with van der Waals surface area (Å²) in [6, 6.07) is 8.63. The summed E-state index contributed by atoms with van der Waals surface area (Å²) >= 11 is 0. The molecular weight excluding hydrogens is 446 g/mol. The van der Waals surface area contributed by atoms with Gasteiger partial charge in [-0.25, -0.2) is 9.59 Å². The van der Waals surface area contributed by atoms with E-state index in [9.17, 15) is 28.8 Å². The quantitative estimate of drug-likeness (QED) is 0.351. The number of hydrogen-bond acceptors (Lipinski definition) is 9. The highest BCUT2D eigenvalue weighted by molar-refractivity contribution is 6.02. The Kier molecular flexibility index (Phi) is 8.86. The summed E-state index contributed by atoms with van der Waals surface area (Å²) in [7, 11) is 0. The number of hydroxylamine groups is 4. The molecule has 0 saturated carbocycles. The van der Waals surface area contributed by atoms with Gasteiger partial charge in [-0.2, -0.15) is 0 Å². The second-order valence-corrected chi connectivity index (χ2v) is 8.06. The smallest absolute Gasteiger partial charge is 0.330 e. The van der Waals surface area contributed by atoms with Crippen LogP contribution in [0, 0.1) is 0 Å². The Morgan fingerprint density at radius 3 is 1.94 bits per heavy atom. The first-order valence-electron chi connectivity index (χ1n) is 11.3. The van der Waals surface area contributed by atoms with Gasteiger partial charge >= 0.3 is 11.9 Å². The molecule has 0 radical (unpaired) electrons. The Morgan fingerprint density at radius 2 is 1.35 bits per heavy atom. The molecule has 2 fully saturated rings. The molecule has 0 bridgehead atoms. The van der Waals surface area contributed by atoms with Gasteiger partial charge in [-0.05, 0) is 18.4 Å². The maximum Gasteiger partial charge on any atom is 0.349 e. The zero-order valence-electron chi connectivity index (χ0n) is 18.7. The maximum absolute atomic E-state index is 12.7. The minimum absolute atomic E-state index is 0.0128. The van der Waals surface area contributed by atoms with Crippen LogP contribution in [0.4, 0.5) is 0 Å². The third-order valence-electron chi connectivity index (χ3n) is 5.44. The summed E-state index contributed by atoms with van der Waals surface area (Å²) in [4.78, 5) is 81.0. The molecule has 1 unspecified atom stereocenters. The van der Waals surface area contributed by atoms with Crippen molar-refractivity contribution in [3.8, 4) is 0 Å². The van der Waals surface area contributed by atoms with E-state index in [0.29, 0.717) is 42.4 Å². The fourth-order valence-electron chi connectivity index (χ4n) is 3.55. The van der Waals surface area contributed by atoms with Gasteiger partial charge in [0, 0.05) is 38.6 Å². The number of imide groups is 2. The number of hydrogen-bond donors (Lipinski definition) is 1. The monoisotopic (exact) mass is 473 g/mol. The van der Waals surface area contributed by atoms with Crippen LogP contribution < -0.4 is 5.32 Å². The van der Waals surface area contributed by atoms with Crippen LogP contribution in [0.5, 0.6) is 0 Å². The van der Waals surface area contributed by atoms with Crippen molar-refractivity contribution >= 4 is 35.6 Å². The Labute approximate surface area is 196 Å². The van der Waals surface area contributed by atoms with E-state index in [-0.39, 0.29) is 32.1 Å². The zero-order valence-corrected chi connectivity index (χ0v) is 18.7. The van der Waals surface area contributed by atoms with E-state index in [4.69, 9.17) is 9.68 Å². The molecule has 2 heterocycles. The first-order chi connectivity index (χ1) is 16.3. The van der Waals surface area contributed by atoms with E-state index in [0.717, 1.165) is 5.56 Å². The van der Waals surface area contributed by atoms with Crippen LogP contribution in [0.3, 0.4) is 0 Å². The van der Waals surface area contributed by atoms with Crippen LogP contribution in [-0.2, 0) is 45.0 Å². The Bertz CT molecular complexity index is 917. The number of nitrogens with zero attached hydrogens (tertiary/aromatic N) is 2. The molecule has 1 atom stereocenters. The maximum atomic E-state index is 12.7. The molecule has 182 valence electrons. The first-order valence-corrected chi connectivity index (χ1v) is 11.3. The van der Waals surface area contributed by atoms with Crippen molar-refractivity contribution in [3.05, 3.63) is 35.9 Å². The molecule has 2 aliphatic heterocycles. The van der Waals surface area contributed by atoms with Crippen LogP contribution in [-0.4, -0.2) is 51.7 Å². The third-order valence-corrected chi connectivity index (χ3v) is 5.44. The molecule has 1 N–H and O–H groups in total. The molecule has 11 nitrogen and oxygen atoms in total. The minimum atomic E-state index is -0.770. The Hall–Kier alpha value is -3.60. The van der Waals surface area contributed by atoms with Gasteiger partial charge in [0.05, 0.1) is 0 Å². The first kappa shape index (κ1) is 25.0. The molecular formula is C23H27N3O8. The molecule has 1 aromatic rings. The average Bonchev–Trinajstić information content (AvgIpc) is 3.31. The standard InChI is InChI=1S/C23H27N3O8/c27-18-11-12-19(28)25(18)33-22(31)10-6-2-5-9-17(24-15-16-7-3-1-4-8-16)23(32)34-26-20(29)13-14-21(26)30/h1,3-4,7-8,17,24H,2,5-6,9-15H2. The van der Waals surface area contributed by atoms with Crippen LogP contribution >= 0.6 is 0 Å². The van der Waals surface area contributed by atoms with E-state index in [2.05, 4.69) is 5.32 Å². The molecule has 2 saturated heterocycles. The highest BCUT2D eigenvalue weighted by atomic mass is 16.7. The van der Waals surface area contributed by atoms with Crippen LogP contribution in [0.2, 0.25) is 0 Å². The van der Waals surface area contributed by atoms with Crippen molar-refractivity contribution in [2.24, 2.45) is 0 Å². The molecule has 34 heavy (non-hydrogen) atoms. The van der Waals surface area contributed by atoms with Gasteiger partial charge in [-0.3, -0.25) is 19.2 Å². The molecule has 0 spiro atoms. The van der Waals surface area contributed by atoms with Gasteiger partial charge in [-0.15, -0.1) is 10.1 Å². The highest BCUT2D eigenvalue weighted by Gasteiger charge is 2.35. The van der Waals surface area contributed by atoms with E-state index < -0.39 is 41.6 Å². The number of carbonyl (C=O) groups is 6. The number of rotatable bonds is 12. The lowest BCUT2D eigenvalue weighted by atomic mass is 10.1. The number of benzene rings is 1. The molecule has 3 rings (SSSR count). The molecule has 4 amide bonds. The van der Waals surface area contributed by atoms with Gasteiger partial charge in [0.1, 0.15) is 6.04 Å². The molecule has 0 aliphatic carbocycles. The summed E-state index contributed by atoms with van der Waals surface area (Å²) in [6.45, 7) is 0.382. The van der Waals surface area contributed by atoms with Crippen molar-refractivity contribution in [2.45, 2.75) is 70.4 Å². The van der Waals surface area contributed by atoms with E-state index in [1.807, 2.05) is 30.3 Å². The Morgan fingerprint density at radius 1 is 0.794 bits per heavy atom. The van der Waals surface area contributed by atoms with Gasteiger partial charge < -0.3 is 15.0 Å². The lowest BCUT2D eigenvalue weighted by Crippen LogP contribution is -2.42. The van der Waals surface area contributed by atoms with E-state index in [1.165, 1.54) is 0 Å². The number of amides is 4.